The first-order chi connectivity index (χ1) is 7.70. The number of rotatable bonds is 4. The SMILES string of the molecule is Cc1cc(CCCCN)c2c(c1)CC(=O)N2. The first-order valence-electron chi connectivity index (χ1n) is 5.83. The summed E-state index contributed by atoms with van der Waals surface area (Å²) in [5, 5.41) is 2.95. The van der Waals surface area contributed by atoms with Gasteiger partial charge < -0.3 is 11.1 Å². The molecule has 0 bridgehead atoms. The van der Waals surface area contributed by atoms with Gasteiger partial charge in [-0.2, -0.15) is 0 Å². The topological polar surface area (TPSA) is 55.1 Å². The van der Waals surface area contributed by atoms with Gasteiger partial charge in [0.1, 0.15) is 0 Å². The van der Waals surface area contributed by atoms with E-state index in [0.29, 0.717) is 6.42 Å². The van der Waals surface area contributed by atoms with Crippen molar-refractivity contribution in [2.24, 2.45) is 5.73 Å². The van der Waals surface area contributed by atoms with Gasteiger partial charge in [0, 0.05) is 5.69 Å². The van der Waals surface area contributed by atoms with E-state index in [1.807, 2.05) is 0 Å². The summed E-state index contributed by atoms with van der Waals surface area (Å²) in [5.41, 5.74) is 10.2. The molecule has 3 heteroatoms. The summed E-state index contributed by atoms with van der Waals surface area (Å²) in [4.78, 5) is 11.4. The minimum Gasteiger partial charge on any atom is -0.330 e. The molecule has 1 aliphatic heterocycles. The molecule has 0 radical (unpaired) electrons. The molecule has 3 N–H and O–H groups in total. The standard InChI is InChI=1S/C13H18N2O/c1-9-6-10(4-2-3-5-14)13-11(7-9)8-12(16)15-13/h6-7H,2-5,8,14H2,1H3,(H,15,16). The number of hydrogen-bond acceptors (Lipinski definition) is 2. The maximum atomic E-state index is 11.4. The van der Waals surface area contributed by atoms with Crippen molar-refractivity contribution in [2.75, 3.05) is 11.9 Å². The Bertz CT molecular complexity index is 413. The fourth-order valence-corrected chi connectivity index (χ4v) is 2.26. The van der Waals surface area contributed by atoms with Gasteiger partial charge >= 0.3 is 0 Å². The molecule has 0 aliphatic carbocycles. The Balaban J connectivity index is 2.21. The lowest BCUT2D eigenvalue weighted by Crippen LogP contribution is -2.05. The molecular formula is C13H18N2O. The lowest BCUT2D eigenvalue weighted by molar-refractivity contribution is -0.115. The highest BCUT2D eigenvalue weighted by atomic mass is 16.1. The van der Waals surface area contributed by atoms with Crippen molar-refractivity contribution in [2.45, 2.75) is 32.6 Å². The Morgan fingerprint density at radius 3 is 2.94 bits per heavy atom. The molecule has 0 aromatic heterocycles. The second kappa shape index (κ2) is 4.66. The van der Waals surface area contributed by atoms with Gasteiger partial charge in [-0.15, -0.1) is 0 Å². The van der Waals surface area contributed by atoms with Crippen molar-refractivity contribution in [3.05, 3.63) is 28.8 Å². The molecular weight excluding hydrogens is 200 g/mol. The number of nitrogens with one attached hydrogen (secondary N) is 1. The quantitative estimate of drug-likeness (QED) is 0.757. The fourth-order valence-electron chi connectivity index (χ4n) is 2.26. The van der Waals surface area contributed by atoms with Gasteiger partial charge in [0.05, 0.1) is 6.42 Å². The third kappa shape index (κ3) is 2.25. The van der Waals surface area contributed by atoms with Crippen LogP contribution in [-0.2, 0) is 17.6 Å². The monoisotopic (exact) mass is 218 g/mol. The first kappa shape index (κ1) is 11.1. The van der Waals surface area contributed by atoms with E-state index in [1.165, 1.54) is 11.1 Å². The number of carbonyl (C=O) groups is 1. The number of amides is 1. The number of hydrogen-bond donors (Lipinski definition) is 2. The van der Waals surface area contributed by atoms with E-state index in [-0.39, 0.29) is 5.91 Å². The molecule has 1 aromatic rings. The molecule has 1 heterocycles. The Morgan fingerprint density at radius 2 is 2.19 bits per heavy atom. The van der Waals surface area contributed by atoms with Gasteiger partial charge in [-0.3, -0.25) is 4.79 Å². The number of anilines is 1. The summed E-state index contributed by atoms with van der Waals surface area (Å²) < 4.78 is 0. The van der Waals surface area contributed by atoms with Gasteiger partial charge in [-0.25, -0.2) is 0 Å². The maximum absolute atomic E-state index is 11.4. The normalized spacial score (nSPS) is 13.8. The van der Waals surface area contributed by atoms with E-state index >= 15 is 0 Å². The second-order valence-electron chi connectivity index (χ2n) is 4.43. The van der Waals surface area contributed by atoms with Crippen molar-refractivity contribution >= 4 is 11.6 Å². The minimum absolute atomic E-state index is 0.112. The van der Waals surface area contributed by atoms with E-state index < -0.39 is 0 Å². The highest BCUT2D eigenvalue weighted by molar-refractivity contribution is 6.00. The molecule has 0 fully saturated rings. The Morgan fingerprint density at radius 1 is 1.38 bits per heavy atom. The number of unbranched alkanes of at least 4 members (excludes halogenated alkanes) is 1. The summed E-state index contributed by atoms with van der Waals surface area (Å²) in [7, 11) is 0. The minimum atomic E-state index is 0.112. The highest BCUT2D eigenvalue weighted by Crippen LogP contribution is 2.29. The van der Waals surface area contributed by atoms with Crippen LogP contribution >= 0.6 is 0 Å². The summed E-state index contributed by atoms with van der Waals surface area (Å²) in [5.74, 6) is 0.112. The van der Waals surface area contributed by atoms with Crippen molar-refractivity contribution in [1.82, 2.24) is 0 Å². The molecule has 0 saturated heterocycles. The molecule has 0 atom stereocenters. The molecule has 0 unspecified atom stereocenters. The number of nitrogens with two attached hydrogens (primary N) is 1. The molecule has 16 heavy (non-hydrogen) atoms. The van der Waals surface area contributed by atoms with Crippen molar-refractivity contribution in [3.63, 3.8) is 0 Å². The zero-order chi connectivity index (χ0) is 11.5. The van der Waals surface area contributed by atoms with Crippen LogP contribution in [0.3, 0.4) is 0 Å². The molecule has 3 nitrogen and oxygen atoms in total. The van der Waals surface area contributed by atoms with Crippen LogP contribution in [0.1, 0.15) is 29.5 Å². The van der Waals surface area contributed by atoms with Gasteiger partial charge in [0.25, 0.3) is 0 Å². The highest BCUT2D eigenvalue weighted by Gasteiger charge is 2.20. The average Bonchev–Trinajstić information content (AvgIpc) is 2.58. The van der Waals surface area contributed by atoms with Crippen molar-refractivity contribution in [1.29, 1.82) is 0 Å². The Labute approximate surface area is 96.0 Å². The maximum Gasteiger partial charge on any atom is 0.228 e. The number of carbonyl (C=O) groups excluding carboxylic acids is 1. The van der Waals surface area contributed by atoms with E-state index in [9.17, 15) is 4.79 Å². The van der Waals surface area contributed by atoms with Crippen molar-refractivity contribution in [3.8, 4) is 0 Å². The Hall–Kier alpha value is -1.35. The predicted molar refractivity (Wildman–Crippen MR) is 65.5 cm³/mol. The third-order valence-corrected chi connectivity index (χ3v) is 2.96. The summed E-state index contributed by atoms with van der Waals surface area (Å²) in [6.07, 6.45) is 3.65. The summed E-state index contributed by atoms with van der Waals surface area (Å²) in [6, 6.07) is 4.26. The molecule has 0 saturated carbocycles. The molecule has 1 amide bonds. The van der Waals surface area contributed by atoms with Gasteiger partial charge in [0.2, 0.25) is 5.91 Å². The van der Waals surface area contributed by atoms with Crippen LogP contribution < -0.4 is 11.1 Å². The lowest BCUT2D eigenvalue weighted by atomic mass is 9.99. The van der Waals surface area contributed by atoms with Gasteiger partial charge in [-0.1, -0.05) is 17.7 Å². The molecule has 0 spiro atoms. The lowest BCUT2D eigenvalue weighted by Gasteiger charge is -2.09. The average molecular weight is 218 g/mol. The largest absolute Gasteiger partial charge is 0.330 e. The van der Waals surface area contributed by atoms with Crippen LogP contribution in [0.25, 0.3) is 0 Å². The summed E-state index contributed by atoms with van der Waals surface area (Å²) in [6.45, 7) is 2.82. The number of aryl methyl sites for hydroxylation is 2. The van der Waals surface area contributed by atoms with Gasteiger partial charge in [0.15, 0.2) is 0 Å². The fraction of sp³-hybridized carbons (Fsp3) is 0.462. The van der Waals surface area contributed by atoms with Crippen LogP contribution in [0.15, 0.2) is 12.1 Å². The first-order valence-corrected chi connectivity index (χ1v) is 5.83. The second-order valence-corrected chi connectivity index (χ2v) is 4.43. The zero-order valence-electron chi connectivity index (χ0n) is 9.68. The Kier molecular flexibility index (Phi) is 3.25. The molecule has 2 rings (SSSR count). The van der Waals surface area contributed by atoms with Crippen molar-refractivity contribution < 1.29 is 4.79 Å². The van der Waals surface area contributed by atoms with E-state index in [2.05, 4.69) is 24.4 Å². The number of benzene rings is 1. The predicted octanol–water partition coefficient (Wildman–Crippen LogP) is 1.77. The van der Waals surface area contributed by atoms with Crippen LogP contribution in [-0.4, -0.2) is 12.5 Å². The molecule has 1 aromatic carbocycles. The molecule has 86 valence electrons. The third-order valence-electron chi connectivity index (χ3n) is 2.96. The van der Waals surface area contributed by atoms with E-state index in [1.54, 1.807) is 0 Å². The van der Waals surface area contributed by atoms with Crippen LogP contribution in [0.2, 0.25) is 0 Å². The van der Waals surface area contributed by atoms with Crippen LogP contribution in [0, 0.1) is 6.92 Å². The molecule has 1 aliphatic rings. The van der Waals surface area contributed by atoms with Crippen LogP contribution in [0.5, 0.6) is 0 Å². The van der Waals surface area contributed by atoms with Gasteiger partial charge in [-0.05, 0) is 43.9 Å². The van der Waals surface area contributed by atoms with Crippen LogP contribution in [0.4, 0.5) is 5.69 Å². The van der Waals surface area contributed by atoms with E-state index in [0.717, 1.165) is 37.1 Å². The smallest absolute Gasteiger partial charge is 0.228 e. The zero-order valence-corrected chi connectivity index (χ0v) is 9.68. The number of fused-ring (bicyclic) bond motifs is 1. The van der Waals surface area contributed by atoms with E-state index in [4.69, 9.17) is 5.73 Å². The summed E-state index contributed by atoms with van der Waals surface area (Å²) >= 11 is 0.